The number of methoxy groups -OCH3 is 1. The Kier molecular flexibility index (Phi) is 11.3. The van der Waals surface area contributed by atoms with E-state index in [2.05, 4.69) is 4.98 Å². The minimum atomic E-state index is -5.15. The van der Waals surface area contributed by atoms with Gasteiger partial charge in [-0.1, -0.05) is 47.5 Å². The monoisotopic (exact) mass is 687 g/mol. The van der Waals surface area contributed by atoms with Crippen molar-refractivity contribution in [2.75, 3.05) is 33.4 Å². The normalized spacial score (nSPS) is 12.0. The number of hydrogen-bond acceptors (Lipinski definition) is 3. The quantitative estimate of drug-likeness (QED) is 0.120. The topological polar surface area (TPSA) is 65.6 Å². The number of aromatic nitrogens is 1. The van der Waals surface area contributed by atoms with Crippen molar-refractivity contribution in [1.82, 2.24) is 14.8 Å². The lowest BCUT2D eigenvalue weighted by molar-refractivity contribution is -0.143. The summed E-state index contributed by atoms with van der Waals surface area (Å²) in [5.74, 6) is -1.74. The standard InChI is InChI=1S/C32H29Cl2F6N3O3/c1-46-12-4-10-43(30(45)22-14-23(31(35,36)37)16-24(15-22)32(38,39)40)19-29(44)42(18-20-7-8-26(33)27(34)13-20)11-9-21-17-41-28-6-3-2-5-25(21)28/h2-3,5-8,13-17,41H,4,9-12,18-19H2,1H3. The van der Waals surface area contributed by atoms with Gasteiger partial charge in [0.25, 0.3) is 5.91 Å². The van der Waals surface area contributed by atoms with Crippen molar-refractivity contribution in [3.05, 3.63) is 105 Å². The molecule has 4 aromatic rings. The van der Waals surface area contributed by atoms with Crippen LogP contribution in [0.25, 0.3) is 10.9 Å². The predicted molar refractivity (Wildman–Crippen MR) is 163 cm³/mol. The molecule has 2 amide bonds. The fourth-order valence-electron chi connectivity index (χ4n) is 4.92. The van der Waals surface area contributed by atoms with Crippen molar-refractivity contribution in [3.8, 4) is 0 Å². The number of benzene rings is 3. The molecule has 0 saturated heterocycles. The molecule has 0 aliphatic rings. The van der Waals surface area contributed by atoms with Crippen LogP contribution < -0.4 is 0 Å². The number of fused-ring (bicyclic) bond motifs is 1. The van der Waals surface area contributed by atoms with Crippen molar-refractivity contribution in [3.63, 3.8) is 0 Å². The number of para-hydroxylation sites is 1. The lowest BCUT2D eigenvalue weighted by atomic mass is 10.0. The second-order valence-corrected chi connectivity index (χ2v) is 11.4. The van der Waals surface area contributed by atoms with Gasteiger partial charge in [-0.15, -0.1) is 0 Å². The van der Waals surface area contributed by atoms with Crippen LogP contribution >= 0.6 is 23.2 Å². The third-order valence-corrected chi connectivity index (χ3v) is 8.00. The second-order valence-electron chi connectivity index (χ2n) is 10.5. The van der Waals surface area contributed by atoms with Crippen LogP contribution in [0.5, 0.6) is 0 Å². The number of carbonyl (C=O) groups excluding carboxylic acids is 2. The fourth-order valence-corrected chi connectivity index (χ4v) is 5.24. The summed E-state index contributed by atoms with van der Waals surface area (Å²) < 4.78 is 86.2. The molecule has 46 heavy (non-hydrogen) atoms. The Morgan fingerprint density at radius 3 is 2.15 bits per heavy atom. The van der Waals surface area contributed by atoms with Gasteiger partial charge in [-0.05, 0) is 60.4 Å². The van der Waals surface area contributed by atoms with E-state index in [1.54, 1.807) is 18.2 Å². The highest BCUT2D eigenvalue weighted by atomic mass is 35.5. The van der Waals surface area contributed by atoms with Crippen molar-refractivity contribution >= 4 is 45.9 Å². The van der Waals surface area contributed by atoms with E-state index in [1.807, 2.05) is 30.5 Å². The van der Waals surface area contributed by atoms with Crippen molar-refractivity contribution in [2.45, 2.75) is 31.7 Å². The Balaban J connectivity index is 1.65. The van der Waals surface area contributed by atoms with Gasteiger partial charge in [0.1, 0.15) is 6.54 Å². The number of ether oxygens (including phenoxy) is 1. The molecule has 14 heteroatoms. The summed E-state index contributed by atoms with van der Waals surface area (Å²) in [5, 5.41) is 1.51. The average Bonchev–Trinajstić information content (AvgIpc) is 3.42. The van der Waals surface area contributed by atoms with Gasteiger partial charge >= 0.3 is 12.4 Å². The maximum atomic E-state index is 13.8. The Morgan fingerprint density at radius 2 is 1.52 bits per heavy atom. The van der Waals surface area contributed by atoms with Gasteiger partial charge in [-0.3, -0.25) is 9.59 Å². The number of rotatable bonds is 12. The largest absolute Gasteiger partial charge is 0.416 e. The molecule has 3 aromatic carbocycles. The molecular formula is C32H29Cl2F6N3O3. The van der Waals surface area contributed by atoms with E-state index < -0.39 is 47.4 Å². The van der Waals surface area contributed by atoms with Gasteiger partial charge in [0.2, 0.25) is 5.91 Å². The fraction of sp³-hybridized carbons (Fsp3) is 0.312. The summed E-state index contributed by atoms with van der Waals surface area (Å²) in [5.41, 5.74) is -1.68. The molecule has 1 heterocycles. The molecule has 0 atom stereocenters. The summed E-state index contributed by atoms with van der Waals surface area (Å²) in [7, 11) is 1.39. The van der Waals surface area contributed by atoms with Crippen LogP contribution in [0.1, 0.15) is 39.0 Å². The van der Waals surface area contributed by atoms with Gasteiger partial charge < -0.3 is 19.5 Å². The first-order valence-electron chi connectivity index (χ1n) is 14.0. The highest BCUT2D eigenvalue weighted by Crippen LogP contribution is 2.36. The first-order chi connectivity index (χ1) is 21.7. The Labute approximate surface area is 270 Å². The average molecular weight is 688 g/mol. The molecular weight excluding hydrogens is 659 g/mol. The van der Waals surface area contributed by atoms with E-state index in [0.717, 1.165) is 21.4 Å². The number of amides is 2. The van der Waals surface area contributed by atoms with E-state index in [0.29, 0.717) is 29.1 Å². The number of H-pyrrole nitrogens is 1. The summed E-state index contributed by atoms with van der Waals surface area (Å²) >= 11 is 12.2. The van der Waals surface area contributed by atoms with Gasteiger partial charge in [0, 0.05) is 56.0 Å². The zero-order valence-electron chi connectivity index (χ0n) is 24.4. The molecule has 1 aromatic heterocycles. The number of nitrogens with one attached hydrogen (secondary N) is 1. The van der Waals surface area contributed by atoms with Crippen LogP contribution in [-0.2, 0) is 34.8 Å². The van der Waals surface area contributed by atoms with Gasteiger partial charge in [-0.25, -0.2) is 0 Å². The molecule has 0 aliphatic carbocycles. The molecule has 6 nitrogen and oxygen atoms in total. The summed E-state index contributed by atoms with van der Waals surface area (Å²) in [6.45, 7) is -0.445. The first kappa shape index (κ1) is 35.1. The van der Waals surface area contributed by atoms with E-state index in [-0.39, 0.29) is 43.8 Å². The van der Waals surface area contributed by atoms with E-state index >= 15 is 0 Å². The highest BCUT2D eigenvalue weighted by molar-refractivity contribution is 6.42. The zero-order chi connectivity index (χ0) is 33.6. The van der Waals surface area contributed by atoms with Crippen LogP contribution in [0, 0.1) is 0 Å². The molecule has 1 N–H and O–H groups in total. The van der Waals surface area contributed by atoms with E-state index in [4.69, 9.17) is 27.9 Å². The Hall–Kier alpha value is -3.74. The molecule has 0 saturated carbocycles. The maximum Gasteiger partial charge on any atom is 0.416 e. The minimum absolute atomic E-state index is 0.0416. The van der Waals surface area contributed by atoms with E-state index in [1.165, 1.54) is 12.0 Å². The van der Waals surface area contributed by atoms with Gasteiger partial charge in [0.15, 0.2) is 0 Å². The van der Waals surface area contributed by atoms with E-state index in [9.17, 15) is 35.9 Å². The SMILES string of the molecule is COCCCN(CC(=O)N(CCc1c[nH]c2ccccc12)Cc1ccc(Cl)c(Cl)c1)C(=O)c1cc(C(F)(F)F)cc(C(F)(F)F)c1. The summed E-state index contributed by atoms with van der Waals surface area (Å²) in [4.78, 5) is 32.9. The second kappa shape index (κ2) is 14.8. The Bertz CT molecular complexity index is 1660. The molecule has 0 radical (unpaired) electrons. The summed E-state index contributed by atoms with van der Waals surface area (Å²) in [6, 6.07) is 13.0. The third kappa shape index (κ3) is 8.95. The van der Waals surface area contributed by atoms with Crippen molar-refractivity contribution in [2.24, 2.45) is 0 Å². The first-order valence-corrected chi connectivity index (χ1v) is 14.8. The van der Waals surface area contributed by atoms with Crippen LogP contribution in [0.3, 0.4) is 0 Å². The molecule has 0 aliphatic heterocycles. The third-order valence-electron chi connectivity index (χ3n) is 7.26. The molecule has 0 bridgehead atoms. The predicted octanol–water partition coefficient (Wildman–Crippen LogP) is 8.26. The molecule has 0 spiro atoms. The molecule has 246 valence electrons. The molecule has 0 unspecified atom stereocenters. The number of halogens is 8. The van der Waals surface area contributed by atoms with Crippen LogP contribution in [0.4, 0.5) is 26.3 Å². The number of aromatic amines is 1. The van der Waals surface area contributed by atoms with Crippen LogP contribution in [0.15, 0.2) is 66.9 Å². The lowest BCUT2D eigenvalue weighted by Crippen LogP contribution is -2.44. The van der Waals surface area contributed by atoms with Crippen LogP contribution in [0.2, 0.25) is 10.0 Å². The molecule has 0 fully saturated rings. The lowest BCUT2D eigenvalue weighted by Gasteiger charge is -2.28. The number of nitrogens with zero attached hydrogens (tertiary/aromatic N) is 2. The smallest absolute Gasteiger partial charge is 0.385 e. The maximum absolute atomic E-state index is 13.8. The Morgan fingerprint density at radius 1 is 0.848 bits per heavy atom. The van der Waals surface area contributed by atoms with Gasteiger partial charge in [0.05, 0.1) is 21.2 Å². The van der Waals surface area contributed by atoms with Crippen molar-refractivity contribution in [1.29, 1.82) is 0 Å². The number of hydrogen-bond donors (Lipinski definition) is 1. The number of alkyl halides is 6. The van der Waals surface area contributed by atoms with Crippen LogP contribution in [-0.4, -0.2) is 59.9 Å². The zero-order valence-corrected chi connectivity index (χ0v) is 26.0. The minimum Gasteiger partial charge on any atom is -0.385 e. The molecule has 4 rings (SSSR count). The number of carbonyl (C=O) groups is 2. The highest BCUT2D eigenvalue weighted by Gasteiger charge is 2.38. The van der Waals surface area contributed by atoms with Gasteiger partial charge in [-0.2, -0.15) is 26.3 Å². The van der Waals surface area contributed by atoms with Crippen molar-refractivity contribution < 1.29 is 40.7 Å². The summed E-state index contributed by atoms with van der Waals surface area (Å²) in [6.07, 6.45) is -7.91.